The molecule has 1 fully saturated rings. The summed E-state index contributed by atoms with van der Waals surface area (Å²) in [5.74, 6) is 0.0902. The number of hydrogen-bond acceptors (Lipinski definition) is 5. The van der Waals surface area contributed by atoms with Gasteiger partial charge in [-0.25, -0.2) is 4.98 Å². The van der Waals surface area contributed by atoms with Crippen molar-refractivity contribution in [3.05, 3.63) is 58.6 Å². The first kappa shape index (κ1) is 15.8. The van der Waals surface area contributed by atoms with Gasteiger partial charge in [0.2, 0.25) is 0 Å². The number of thiazole rings is 1. The van der Waals surface area contributed by atoms with Crippen LogP contribution in [0.2, 0.25) is 0 Å². The molecule has 1 aromatic heterocycles. The molecule has 1 unspecified atom stereocenters. The van der Waals surface area contributed by atoms with E-state index in [0.29, 0.717) is 19.8 Å². The highest BCUT2D eigenvalue weighted by Gasteiger charge is 2.32. The van der Waals surface area contributed by atoms with Crippen LogP contribution in [0.1, 0.15) is 26.8 Å². The summed E-state index contributed by atoms with van der Waals surface area (Å²) in [7, 11) is 0. The lowest BCUT2D eigenvalue weighted by Gasteiger charge is -2.26. The first-order chi connectivity index (χ1) is 12.8. The molecule has 0 radical (unpaired) electrons. The van der Waals surface area contributed by atoms with Crippen LogP contribution in [0.4, 0.5) is 5.13 Å². The second-order valence-electron chi connectivity index (χ2n) is 6.68. The van der Waals surface area contributed by atoms with Crippen molar-refractivity contribution in [2.24, 2.45) is 0 Å². The summed E-state index contributed by atoms with van der Waals surface area (Å²) in [6, 6.07) is 14.9. The smallest absolute Gasteiger partial charge is 0.263 e. The molecule has 26 heavy (non-hydrogen) atoms. The summed E-state index contributed by atoms with van der Waals surface area (Å²) in [5.41, 5.74) is 2.11. The lowest BCUT2D eigenvalue weighted by molar-refractivity contribution is 0.0946. The molecule has 0 bridgehead atoms. The topological polar surface area (TPSA) is 54.5 Å². The normalized spacial score (nSPS) is 20.1. The number of fused-ring (bicyclic) bond motifs is 2. The monoisotopic (exact) mass is 365 g/mol. The van der Waals surface area contributed by atoms with Crippen LogP contribution < -0.4 is 10.2 Å². The van der Waals surface area contributed by atoms with E-state index in [1.165, 1.54) is 27.7 Å². The number of ether oxygens (including phenoxy) is 1. The molecule has 2 aliphatic rings. The summed E-state index contributed by atoms with van der Waals surface area (Å²) in [5, 5.41) is 6.41. The van der Waals surface area contributed by atoms with Gasteiger partial charge in [0.25, 0.3) is 5.91 Å². The van der Waals surface area contributed by atoms with Crippen LogP contribution in [0.5, 0.6) is 0 Å². The van der Waals surface area contributed by atoms with Gasteiger partial charge in [0, 0.05) is 25.6 Å². The van der Waals surface area contributed by atoms with Crippen molar-refractivity contribution in [1.82, 2.24) is 10.3 Å². The summed E-state index contributed by atoms with van der Waals surface area (Å²) < 4.78 is 5.43. The standard InChI is InChI=1S/C20H19N3O2S/c24-19-18-17(22-20(26-18)23-7-9-25-10-8-23)16(12-21-19)15-6-5-13-3-1-2-4-14(13)11-15/h1-6,11,16H,7-10,12H2,(H,21,24). The van der Waals surface area contributed by atoms with E-state index in [9.17, 15) is 4.79 Å². The van der Waals surface area contributed by atoms with Crippen LogP contribution in [-0.2, 0) is 4.74 Å². The van der Waals surface area contributed by atoms with E-state index >= 15 is 0 Å². The minimum Gasteiger partial charge on any atom is -0.378 e. The third kappa shape index (κ3) is 2.66. The maximum absolute atomic E-state index is 12.4. The molecule has 5 rings (SSSR count). The van der Waals surface area contributed by atoms with E-state index in [-0.39, 0.29) is 11.8 Å². The molecular weight excluding hydrogens is 346 g/mol. The number of nitrogens with zero attached hydrogens (tertiary/aromatic N) is 2. The summed E-state index contributed by atoms with van der Waals surface area (Å²) in [4.78, 5) is 20.2. The van der Waals surface area contributed by atoms with E-state index in [0.717, 1.165) is 28.8 Å². The van der Waals surface area contributed by atoms with E-state index in [4.69, 9.17) is 9.72 Å². The highest BCUT2D eigenvalue weighted by Crippen LogP contribution is 2.37. The molecule has 0 spiro atoms. The molecule has 0 aliphatic carbocycles. The Morgan fingerprint density at radius 3 is 2.77 bits per heavy atom. The maximum atomic E-state index is 12.4. The van der Waals surface area contributed by atoms with Crippen LogP contribution in [-0.4, -0.2) is 43.7 Å². The first-order valence-electron chi connectivity index (χ1n) is 8.90. The molecular formula is C20H19N3O2S. The molecule has 3 heterocycles. The van der Waals surface area contributed by atoms with Gasteiger partial charge in [-0.1, -0.05) is 53.8 Å². The number of nitrogens with one attached hydrogen (secondary N) is 1. The van der Waals surface area contributed by atoms with Gasteiger partial charge in [0.15, 0.2) is 5.13 Å². The van der Waals surface area contributed by atoms with Crippen molar-refractivity contribution in [1.29, 1.82) is 0 Å². The number of benzene rings is 2. The van der Waals surface area contributed by atoms with Gasteiger partial charge in [0.1, 0.15) is 4.88 Å². The minimum atomic E-state index is -0.00551. The number of hydrogen-bond donors (Lipinski definition) is 1. The fraction of sp³-hybridized carbons (Fsp3) is 0.300. The van der Waals surface area contributed by atoms with E-state index in [1.54, 1.807) is 0 Å². The molecule has 1 N–H and O–H groups in total. The Morgan fingerprint density at radius 2 is 1.92 bits per heavy atom. The van der Waals surface area contributed by atoms with Gasteiger partial charge >= 0.3 is 0 Å². The Hall–Kier alpha value is -2.44. The Balaban J connectivity index is 1.55. The molecule has 1 amide bonds. The molecule has 132 valence electrons. The summed E-state index contributed by atoms with van der Waals surface area (Å²) >= 11 is 1.50. The molecule has 5 nitrogen and oxygen atoms in total. The molecule has 0 saturated carbocycles. The zero-order valence-corrected chi connectivity index (χ0v) is 15.1. The maximum Gasteiger partial charge on any atom is 0.263 e. The quantitative estimate of drug-likeness (QED) is 0.759. The number of amides is 1. The Labute approximate surface area is 155 Å². The van der Waals surface area contributed by atoms with Gasteiger partial charge in [-0.2, -0.15) is 0 Å². The SMILES string of the molecule is O=C1NCC(c2ccc3ccccc3c2)c2nc(N3CCOCC3)sc21. The summed E-state index contributed by atoms with van der Waals surface area (Å²) in [6.07, 6.45) is 0. The van der Waals surface area contributed by atoms with E-state index in [2.05, 4.69) is 52.7 Å². The number of aromatic nitrogens is 1. The number of rotatable bonds is 2. The Kier molecular flexibility index (Phi) is 3.87. The van der Waals surface area contributed by atoms with Gasteiger partial charge in [-0.05, 0) is 16.3 Å². The van der Waals surface area contributed by atoms with Crippen LogP contribution in [0.25, 0.3) is 10.8 Å². The van der Waals surface area contributed by atoms with E-state index < -0.39 is 0 Å². The zero-order valence-electron chi connectivity index (χ0n) is 14.3. The largest absolute Gasteiger partial charge is 0.378 e. The van der Waals surface area contributed by atoms with Crippen molar-refractivity contribution in [3.63, 3.8) is 0 Å². The Morgan fingerprint density at radius 1 is 1.12 bits per heavy atom. The van der Waals surface area contributed by atoms with Crippen LogP contribution >= 0.6 is 11.3 Å². The highest BCUT2D eigenvalue weighted by atomic mass is 32.1. The number of carbonyl (C=O) groups excluding carboxylic acids is 1. The fourth-order valence-electron chi connectivity index (χ4n) is 3.68. The second kappa shape index (κ2) is 6.37. The summed E-state index contributed by atoms with van der Waals surface area (Å²) in [6.45, 7) is 3.68. The predicted molar refractivity (Wildman–Crippen MR) is 103 cm³/mol. The highest BCUT2D eigenvalue weighted by molar-refractivity contribution is 7.17. The first-order valence-corrected chi connectivity index (χ1v) is 9.71. The Bertz CT molecular complexity index is 978. The van der Waals surface area contributed by atoms with Crippen molar-refractivity contribution in [2.75, 3.05) is 37.7 Å². The molecule has 1 saturated heterocycles. The number of carbonyl (C=O) groups is 1. The second-order valence-corrected chi connectivity index (χ2v) is 7.66. The molecule has 1 atom stereocenters. The fourth-order valence-corrected chi connectivity index (χ4v) is 4.78. The molecule has 2 aromatic carbocycles. The molecule has 6 heteroatoms. The van der Waals surface area contributed by atoms with Crippen LogP contribution in [0.15, 0.2) is 42.5 Å². The number of anilines is 1. The molecule has 3 aromatic rings. The van der Waals surface area contributed by atoms with Crippen molar-refractivity contribution < 1.29 is 9.53 Å². The lowest BCUT2D eigenvalue weighted by Crippen LogP contribution is -2.36. The van der Waals surface area contributed by atoms with Crippen molar-refractivity contribution >= 4 is 33.1 Å². The predicted octanol–water partition coefficient (Wildman–Crippen LogP) is 3.01. The third-order valence-corrected chi connectivity index (χ3v) is 6.23. The lowest BCUT2D eigenvalue weighted by atomic mass is 9.91. The van der Waals surface area contributed by atoms with Crippen LogP contribution in [0, 0.1) is 0 Å². The van der Waals surface area contributed by atoms with Gasteiger partial charge in [-0.15, -0.1) is 0 Å². The average molecular weight is 365 g/mol. The van der Waals surface area contributed by atoms with Crippen LogP contribution in [0.3, 0.4) is 0 Å². The van der Waals surface area contributed by atoms with E-state index in [1.807, 2.05) is 0 Å². The van der Waals surface area contributed by atoms with Crippen molar-refractivity contribution in [3.8, 4) is 0 Å². The average Bonchev–Trinajstić information content (AvgIpc) is 3.15. The number of morpholine rings is 1. The van der Waals surface area contributed by atoms with Gasteiger partial charge in [0.05, 0.1) is 18.9 Å². The third-order valence-electron chi connectivity index (χ3n) is 5.10. The van der Waals surface area contributed by atoms with Gasteiger partial charge in [-0.3, -0.25) is 4.79 Å². The van der Waals surface area contributed by atoms with Gasteiger partial charge < -0.3 is 15.0 Å². The molecule has 2 aliphatic heterocycles. The van der Waals surface area contributed by atoms with Crippen molar-refractivity contribution in [2.45, 2.75) is 5.92 Å². The minimum absolute atomic E-state index is 0.00551. The zero-order chi connectivity index (χ0) is 17.5.